The Kier molecular flexibility index (Phi) is 5.75. The van der Waals surface area contributed by atoms with Crippen molar-refractivity contribution in [3.63, 3.8) is 0 Å². The topological polar surface area (TPSA) is 53.3 Å². The number of anilines is 2. The first-order valence-corrected chi connectivity index (χ1v) is 10.4. The minimum Gasteiger partial charge on any atom is -0.381 e. The molecule has 0 spiro atoms. The van der Waals surface area contributed by atoms with E-state index in [1.807, 2.05) is 4.68 Å². The first-order valence-electron chi connectivity index (χ1n) is 10.4. The van der Waals surface area contributed by atoms with Gasteiger partial charge in [-0.05, 0) is 42.4 Å². The summed E-state index contributed by atoms with van der Waals surface area (Å²) in [5.41, 5.74) is 0.981. The van der Waals surface area contributed by atoms with Crippen molar-refractivity contribution in [3.8, 4) is 0 Å². The Bertz CT molecular complexity index is 780. The van der Waals surface area contributed by atoms with Gasteiger partial charge in [0.2, 0.25) is 5.95 Å². The van der Waals surface area contributed by atoms with E-state index < -0.39 is 0 Å². The van der Waals surface area contributed by atoms with E-state index in [-0.39, 0.29) is 25.7 Å². The summed E-state index contributed by atoms with van der Waals surface area (Å²) < 4.78 is 4.49. The van der Waals surface area contributed by atoms with Crippen molar-refractivity contribution in [2.24, 2.45) is 0 Å². The Morgan fingerprint density at radius 2 is 1.61 bits per heavy atom. The van der Waals surface area contributed by atoms with Crippen LogP contribution in [0.25, 0.3) is 0 Å². The molecular weight excluding hydrogens is 348 g/mol. The van der Waals surface area contributed by atoms with Gasteiger partial charge in [0.05, 0.1) is 5.54 Å². The van der Waals surface area contributed by atoms with Gasteiger partial charge >= 0.3 is 14.0 Å². The molecule has 3 heterocycles. The minimum atomic E-state index is -0.236. The molecule has 1 aromatic carbocycles. The third kappa shape index (κ3) is 3.09. The van der Waals surface area contributed by atoms with Crippen molar-refractivity contribution in [1.29, 1.82) is 0 Å². The van der Waals surface area contributed by atoms with Crippen molar-refractivity contribution in [2.45, 2.75) is 79.4 Å². The summed E-state index contributed by atoms with van der Waals surface area (Å²) in [4.78, 5) is 4.86. The van der Waals surface area contributed by atoms with Crippen LogP contribution in [0.3, 0.4) is 0 Å². The van der Waals surface area contributed by atoms with Gasteiger partial charge < -0.3 is 14.3 Å². The van der Waals surface area contributed by atoms with E-state index in [0.717, 1.165) is 5.95 Å². The lowest BCUT2D eigenvalue weighted by Crippen LogP contribution is -2.77. The van der Waals surface area contributed by atoms with Crippen molar-refractivity contribution in [2.75, 3.05) is 9.62 Å². The summed E-state index contributed by atoms with van der Waals surface area (Å²) in [6, 6.07) is 11.0. The normalized spacial score (nSPS) is 20.8. The molecule has 150 valence electrons. The number of benzene rings is 1. The number of fused-ring (bicyclic) bond motifs is 3. The first-order chi connectivity index (χ1) is 13.3. The van der Waals surface area contributed by atoms with E-state index >= 15 is 0 Å². The average molecular weight is 381 g/mol. The Morgan fingerprint density at radius 3 is 2.18 bits per heavy atom. The fourth-order valence-electron chi connectivity index (χ4n) is 4.75. The molecule has 0 N–H and O–H groups in total. The number of hydrogen-bond donors (Lipinski definition) is 0. The molecular formula is C19H33B2N7. The minimum absolute atomic E-state index is 0.132. The second-order valence-electron chi connectivity index (χ2n) is 8.58. The molecule has 4 rings (SSSR count). The van der Waals surface area contributed by atoms with Crippen LogP contribution in [0, 0.1) is 0 Å². The van der Waals surface area contributed by atoms with Crippen LogP contribution >= 0.6 is 0 Å². The van der Waals surface area contributed by atoms with Crippen molar-refractivity contribution in [3.05, 3.63) is 30.3 Å². The lowest BCUT2D eigenvalue weighted by Gasteiger charge is -2.56. The molecule has 7 nitrogen and oxygen atoms in total. The van der Waals surface area contributed by atoms with Gasteiger partial charge in [0.1, 0.15) is 6.17 Å². The molecule has 1 aromatic heterocycles. The Hall–Kier alpha value is -2.02. The summed E-state index contributed by atoms with van der Waals surface area (Å²) in [6.45, 7) is 18.2. The summed E-state index contributed by atoms with van der Waals surface area (Å²) in [5.74, 6) is 0.848. The van der Waals surface area contributed by atoms with Gasteiger partial charge in [0.25, 0.3) is 0 Å². The molecule has 0 saturated carbocycles. The first kappa shape index (κ1) is 20.7. The third-order valence-electron chi connectivity index (χ3n) is 5.71. The van der Waals surface area contributed by atoms with Crippen molar-refractivity contribution < 1.29 is 0 Å². The highest BCUT2D eigenvalue weighted by Gasteiger charge is 2.59. The second kappa shape index (κ2) is 7.78. The zero-order valence-electron chi connectivity index (χ0n) is 18.5. The quantitative estimate of drug-likeness (QED) is 0.743. The van der Waals surface area contributed by atoms with Gasteiger partial charge in [0.15, 0.2) is 0 Å². The zero-order valence-corrected chi connectivity index (χ0v) is 18.5. The molecule has 1 unspecified atom stereocenters. The zero-order chi connectivity index (χ0) is 20.6. The highest BCUT2D eigenvalue weighted by Crippen LogP contribution is 2.44. The maximum Gasteiger partial charge on any atom is 0.334 e. The fraction of sp³-hybridized carbons (Fsp3) is 0.632. The highest BCUT2D eigenvalue weighted by atomic mass is 15.7. The number of aromatic nitrogens is 4. The van der Waals surface area contributed by atoms with Crippen LogP contribution in [0.2, 0.25) is 13.6 Å². The SMILES string of the molecule is CB1N(C(C)C)B(C)N2c3nnnn3C(C)(C)C2N1c1ccccc1.CCC. The summed E-state index contributed by atoms with van der Waals surface area (Å²) in [5, 5.41) is 12.6. The monoisotopic (exact) mass is 381 g/mol. The largest absolute Gasteiger partial charge is 0.381 e. The van der Waals surface area contributed by atoms with E-state index in [4.69, 9.17) is 0 Å². The molecule has 0 radical (unpaired) electrons. The number of nitrogens with zero attached hydrogens (tertiary/aromatic N) is 7. The molecule has 2 aliphatic heterocycles. The van der Waals surface area contributed by atoms with Gasteiger partial charge in [-0.25, -0.2) is 4.68 Å². The molecule has 0 amide bonds. The Balaban J connectivity index is 0.000000706. The van der Waals surface area contributed by atoms with E-state index in [9.17, 15) is 0 Å². The molecule has 2 aromatic rings. The van der Waals surface area contributed by atoms with E-state index in [2.05, 4.69) is 115 Å². The van der Waals surface area contributed by atoms with Crippen LogP contribution in [0.4, 0.5) is 11.6 Å². The summed E-state index contributed by atoms with van der Waals surface area (Å²) in [7, 11) is 0. The van der Waals surface area contributed by atoms with Gasteiger partial charge in [-0.15, -0.1) is 0 Å². The van der Waals surface area contributed by atoms with Crippen molar-refractivity contribution >= 4 is 25.6 Å². The predicted molar refractivity (Wildman–Crippen MR) is 119 cm³/mol. The van der Waals surface area contributed by atoms with Crippen LogP contribution < -0.4 is 9.62 Å². The maximum absolute atomic E-state index is 4.35. The number of hydrogen-bond acceptors (Lipinski definition) is 6. The maximum atomic E-state index is 4.35. The van der Waals surface area contributed by atoms with Gasteiger partial charge in [-0.3, -0.25) is 0 Å². The van der Waals surface area contributed by atoms with Crippen molar-refractivity contribution in [1.82, 2.24) is 24.9 Å². The molecule has 1 fully saturated rings. The Morgan fingerprint density at radius 1 is 1.04 bits per heavy atom. The number of tetrazole rings is 1. The number of rotatable bonds is 2. The average Bonchev–Trinajstić information content (AvgIpc) is 3.19. The predicted octanol–water partition coefficient (Wildman–Crippen LogP) is 3.44. The van der Waals surface area contributed by atoms with Crippen LogP contribution in [-0.4, -0.2) is 51.1 Å². The summed E-state index contributed by atoms with van der Waals surface area (Å²) in [6.07, 6.45) is 1.38. The molecule has 1 saturated heterocycles. The molecule has 2 aliphatic rings. The second-order valence-corrected chi connectivity index (χ2v) is 8.58. The van der Waals surface area contributed by atoms with Gasteiger partial charge in [-0.2, -0.15) is 0 Å². The van der Waals surface area contributed by atoms with Crippen LogP contribution in [0.5, 0.6) is 0 Å². The lowest BCUT2D eigenvalue weighted by molar-refractivity contribution is 0.290. The molecule has 28 heavy (non-hydrogen) atoms. The van der Waals surface area contributed by atoms with E-state index in [0.29, 0.717) is 6.04 Å². The highest BCUT2D eigenvalue weighted by molar-refractivity contribution is 6.77. The fourth-order valence-corrected chi connectivity index (χ4v) is 4.75. The van der Waals surface area contributed by atoms with Crippen LogP contribution in [0.1, 0.15) is 48.0 Å². The van der Waals surface area contributed by atoms with Crippen LogP contribution in [0.15, 0.2) is 30.3 Å². The molecule has 0 bridgehead atoms. The van der Waals surface area contributed by atoms with Crippen LogP contribution in [-0.2, 0) is 5.54 Å². The number of para-hydroxylation sites is 1. The Labute approximate surface area is 170 Å². The van der Waals surface area contributed by atoms with Gasteiger partial charge in [0, 0.05) is 5.69 Å². The lowest BCUT2D eigenvalue weighted by atomic mass is 9.54. The summed E-state index contributed by atoms with van der Waals surface area (Å²) >= 11 is 0. The van der Waals surface area contributed by atoms with E-state index in [1.54, 1.807) is 0 Å². The third-order valence-corrected chi connectivity index (χ3v) is 5.71. The molecule has 0 aliphatic carbocycles. The molecule has 9 heteroatoms. The smallest absolute Gasteiger partial charge is 0.334 e. The molecule has 1 atom stereocenters. The van der Waals surface area contributed by atoms with Gasteiger partial charge in [-0.1, -0.05) is 71.1 Å². The van der Waals surface area contributed by atoms with E-state index in [1.165, 1.54) is 12.1 Å². The standard InChI is InChI=1S/C16H25B2N7.C3H8/c1-12(2)25-17(5)22(13-10-8-7-9-11-13)14-16(3,4)24-15(19-20-21-24)23(14)18(25)6;1-3-2/h7-12,14H,1-6H3;3H2,1-2H3.